The second-order valence-electron chi connectivity index (χ2n) is 6.48. The minimum absolute atomic E-state index is 0.929. The molecule has 24 heavy (non-hydrogen) atoms. The fraction of sp³-hybridized carbons (Fsp3) is 0.350. The van der Waals surface area contributed by atoms with E-state index in [2.05, 4.69) is 33.1 Å². The summed E-state index contributed by atoms with van der Waals surface area (Å²) >= 11 is 0. The summed E-state index contributed by atoms with van der Waals surface area (Å²) in [6, 6.07) is 10.5. The number of H-pyrrole nitrogens is 1. The third kappa shape index (κ3) is 3.02. The molecule has 3 heterocycles. The normalized spacial score (nSPS) is 14.7. The first kappa shape index (κ1) is 15.2. The molecule has 124 valence electrons. The van der Waals surface area contributed by atoms with Crippen LogP contribution in [0.5, 0.6) is 5.75 Å². The van der Waals surface area contributed by atoms with Gasteiger partial charge in [0.15, 0.2) is 0 Å². The van der Waals surface area contributed by atoms with Crippen molar-refractivity contribution in [1.82, 2.24) is 14.9 Å². The number of ether oxygens (including phenoxy) is 1. The van der Waals surface area contributed by atoms with Gasteiger partial charge in [-0.3, -0.25) is 9.88 Å². The molecule has 0 saturated heterocycles. The molecule has 4 nitrogen and oxygen atoms in total. The second kappa shape index (κ2) is 6.65. The van der Waals surface area contributed by atoms with Crippen molar-refractivity contribution < 1.29 is 4.74 Å². The number of aromatic nitrogens is 2. The zero-order chi connectivity index (χ0) is 16.4. The van der Waals surface area contributed by atoms with Crippen LogP contribution in [-0.4, -0.2) is 35.1 Å². The van der Waals surface area contributed by atoms with Crippen molar-refractivity contribution in [1.29, 1.82) is 0 Å². The molecule has 0 fully saturated rings. The summed E-state index contributed by atoms with van der Waals surface area (Å²) in [5.41, 5.74) is 5.38. The highest BCUT2D eigenvalue weighted by molar-refractivity contribution is 5.86. The van der Waals surface area contributed by atoms with E-state index in [1.54, 1.807) is 7.11 Å². The van der Waals surface area contributed by atoms with Crippen LogP contribution in [0.3, 0.4) is 0 Å². The zero-order valence-electron chi connectivity index (χ0n) is 14.1. The Morgan fingerprint density at radius 1 is 1.29 bits per heavy atom. The van der Waals surface area contributed by atoms with E-state index in [1.165, 1.54) is 34.1 Å². The van der Waals surface area contributed by atoms with E-state index in [-0.39, 0.29) is 0 Å². The molecule has 0 unspecified atom stereocenters. The number of nitrogens with one attached hydrogen (secondary N) is 1. The molecule has 0 radical (unpaired) electrons. The number of fused-ring (bicyclic) bond motifs is 3. The number of aromatic amines is 1. The molecular weight excluding hydrogens is 298 g/mol. The Balaban J connectivity index is 1.45. The fourth-order valence-electron chi connectivity index (χ4n) is 3.62. The molecule has 0 bridgehead atoms. The molecule has 3 aromatic rings. The van der Waals surface area contributed by atoms with E-state index in [9.17, 15) is 0 Å². The Bertz CT molecular complexity index is 826. The van der Waals surface area contributed by atoms with E-state index in [0.29, 0.717) is 0 Å². The van der Waals surface area contributed by atoms with E-state index in [1.807, 2.05) is 24.5 Å². The van der Waals surface area contributed by atoms with Crippen LogP contribution in [0.4, 0.5) is 0 Å². The molecule has 1 aliphatic rings. The Morgan fingerprint density at radius 3 is 3.08 bits per heavy atom. The Kier molecular flexibility index (Phi) is 4.22. The minimum Gasteiger partial charge on any atom is -0.497 e. The molecule has 0 aliphatic carbocycles. The lowest BCUT2D eigenvalue weighted by Crippen LogP contribution is -2.31. The van der Waals surface area contributed by atoms with Crippen LogP contribution in [0.2, 0.25) is 0 Å². The number of rotatable bonds is 5. The third-order valence-corrected chi connectivity index (χ3v) is 4.92. The number of hydrogen-bond donors (Lipinski definition) is 1. The van der Waals surface area contributed by atoms with Crippen LogP contribution < -0.4 is 4.74 Å². The van der Waals surface area contributed by atoms with Gasteiger partial charge in [0, 0.05) is 48.5 Å². The Hall–Kier alpha value is -2.33. The van der Waals surface area contributed by atoms with E-state index in [0.717, 1.165) is 38.2 Å². The van der Waals surface area contributed by atoms with E-state index in [4.69, 9.17) is 4.74 Å². The summed E-state index contributed by atoms with van der Waals surface area (Å²) in [6.45, 7) is 3.28. The largest absolute Gasteiger partial charge is 0.497 e. The second-order valence-corrected chi connectivity index (χ2v) is 6.48. The van der Waals surface area contributed by atoms with E-state index < -0.39 is 0 Å². The van der Waals surface area contributed by atoms with Crippen LogP contribution in [0.25, 0.3) is 10.9 Å². The summed E-state index contributed by atoms with van der Waals surface area (Å²) < 4.78 is 5.39. The summed E-state index contributed by atoms with van der Waals surface area (Å²) in [7, 11) is 1.73. The summed E-state index contributed by atoms with van der Waals surface area (Å²) in [5.74, 6) is 0.929. The molecule has 2 aromatic heterocycles. The van der Waals surface area contributed by atoms with Crippen LogP contribution >= 0.6 is 0 Å². The summed E-state index contributed by atoms with van der Waals surface area (Å²) in [4.78, 5) is 10.3. The topological polar surface area (TPSA) is 41.1 Å². The highest BCUT2D eigenvalue weighted by Gasteiger charge is 2.20. The number of benzene rings is 1. The SMILES string of the molecule is COc1ccc2[nH]c3c(c2c1)CN(CCCc1cccnc1)CC3. The Morgan fingerprint density at radius 2 is 2.25 bits per heavy atom. The lowest BCUT2D eigenvalue weighted by molar-refractivity contribution is 0.251. The molecule has 0 amide bonds. The molecular formula is C20H23N3O. The highest BCUT2D eigenvalue weighted by atomic mass is 16.5. The maximum atomic E-state index is 5.39. The maximum Gasteiger partial charge on any atom is 0.119 e. The molecule has 1 aromatic carbocycles. The maximum absolute atomic E-state index is 5.39. The van der Waals surface area contributed by atoms with Gasteiger partial charge in [-0.1, -0.05) is 6.07 Å². The molecule has 1 N–H and O–H groups in total. The smallest absolute Gasteiger partial charge is 0.119 e. The van der Waals surface area contributed by atoms with Gasteiger partial charge in [-0.2, -0.15) is 0 Å². The third-order valence-electron chi connectivity index (χ3n) is 4.92. The number of hydrogen-bond acceptors (Lipinski definition) is 3. The standard InChI is InChI=1S/C20H23N3O/c1-24-16-6-7-19-17(12-16)18-14-23(11-8-20(18)22-19)10-3-5-15-4-2-9-21-13-15/h2,4,6-7,9,12-13,22H,3,5,8,10-11,14H2,1H3. The van der Waals surface area contributed by atoms with Gasteiger partial charge in [-0.05, 0) is 54.8 Å². The number of methoxy groups -OCH3 is 1. The number of aryl methyl sites for hydroxylation is 1. The zero-order valence-corrected chi connectivity index (χ0v) is 14.1. The minimum atomic E-state index is 0.929. The van der Waals surface area contributed by atoms with Crippen LogP contribution in [0, 0.1) is 0 Å². The van der Waals surface area contributed by atoms with Crippen LogP contribution in [-0.2, 0) is 19.4 Å². The predicted molar refractivity (Wildman–Crippen MR) is 96.4 cm³/mol. The van der Waals surface area contributed by atoms with Gasteiger partial charge in [0.2, 0.25) is 0 Å². The monoisotopic (exact) mass is 321 g/mol. The van der Waals surface area contributed by atoms with Crippen molar-refractivity contribution in [2.45, 2.75) is 25.8 Å². The van der Waals surface area contributed by atoms with Gasteiger partial charge in [0.25, 0.3) is 0 Å². The fourth-order valence-corrected chi connectivity index (χ4v) is 3.62. The molecule has 0 saturated carbocycles. The van der Waals surface area contributed by atoms with Crippen LogP contribution in [0.1, 0.15) is 23.2 Å². The van der Waals surface area contributed by atoms with Gasteiger partial charge in [-0.25, -0.2) is 0 Å². The van der Waals surface area contributed by atoms with Crippen molar-refractivity contribution in [3.8, 4) is 5.75 Å². The highest BCUT2D eigenvalue weighted by Crippen LogP contribution is 2.30. The van der Waals surface area contributed by atoms with Crippen molar-refractivity contribution in [2.75, 3.05) is 20.2 Å². The molecule has 4 rings (SSSR count). The lowest BCUT2D eigenvalue weighted by Gasteiger charge is -2.27. The Labute approximate surface area is 142 Å². The first-order chi connectivity index (χ1) is 11.8. The average molecular weight is 321 g/mol. The van der Waals surface area contributed by atoms with Gasteiger partial charge < -0.3 is 9.72 Å². The lowest BCUT2D eigenvalue weighted by atomic mass is 10.0. The van der Waals surface area contributed by atoms with Crippen molar-refractivity contribution in [3.05, 3.63) is 59.5 Å². The average Bonchev–Trinajstić information content (AvgIpc) is 3.00. The molecule has 0 atom stereocenters. The van der Waals surface area contributed by atoms with Crippen molar-refractivity contribution in [2.24, 2.45) is 0 Å². The van der Waals surface area contributed by atoms with Gasteiger partial charge in [0.1, 0.15) is 5.75 Å². The van der Waals surface area contributed by atoms with Gasteiger partial charge in [0.05, 0.1) is 7.11 Å². The van der Waals surface area contributed by atoms with Gasteiger partial charge >= 0.3 is 0 Å². The molecule has 0 spiro atoms. The first-order valence-corrected chi connectivity index (χ1v) is 8.62. The molecule has 1 aliphatic heterocycles. The van der Waals surface area contributed by atoms with Crippen molar-refractivity contribution >= 4 is 10.9 Å². The molecule has 4 heteroatoms. The van der Waals surface area contributed by atoms with E-state index >= 15 is 0 Å². The first-order valence-electron chi connectivity index (χ1n) is 8.62. The number of nitrogens with zero attached hydrogens (tertiary/aromatic N) is 2. The van der Waals surface area contributed by atoms with Gasteiger partial charge in [-0.15, -0.1) is 0 Å². The summed E-state index contributed by atoms with van der Waals surface area (Å²) in [5, 5.41) is 1.31. The number of pyridine rings is 1. The predicted octanol–water partition coefficient (Wildman–Crippen LogP) is 3.56. The quantitative estimate of drug-likeness (QED) is 0.781. The van der Waals surface area contributed by atoms with Crippen LogP contribution in [0.15, 0.2) is 42.7 Å². The summed E-state index contributed by atoms with van der Waals surface area (Å²) in [6.07, 6.45) is 7.17. The van der Waals surface area contributed by atoms with Crippen molar-refractivity contribution in [3.63, 3.8) is 0 Å².